The van der Waals surface area contributed by atoms with Gasteiger partial charge in [0.1, 0.15) is 0 Å². The molecule has 2 N–H and O–H groups in total. The predicted octanol–water partition coefficient (Wildman–Crippen LogP) is 2.67. The molecule has 0 amide bonds. The van der Waals surface area contributed by atoms with Crippen LogP contribution in [0.4, 0.5) is 0 Å². The lowest BCUT2D eigenvalue weighted by molar-refractivity contribution is 0.263. The number of benzene rings is 1. The number of aliphatic imine (C=N–C) groups is 1. The summed E-state index contributed by atoms with van der Waals surface area (Å²) in [5, 5.41) is 0. The van der Waals surface area contributed by atoms with Gasteiger partial charge in [-0.3, -0.25) is 4.99 Å². The summed E-state index contributed by atoms with van der Waals surface area (Å²) in [7, 11) is 0. The van der Waals surface area contributed by atoms with E-state index in [0.717, 1.165) is 37.9 Å². The summed E-state index contributed by atoms with van der Waals surface area (Å²) in [5.41, 5.74) is 7.46. The van der Waals surface area contributed by atoms with Gasteiger partial charge in [0.15, 0.2) is 5.96 Å². The van der Waals surface area contributed by atoms with Crippen LogP contribution in [0.1, 0.15) is 31.7 Å². The smallest absolute Gasteiger partial charge is 0.191 e. The van der Waals surface area contributed by atoms with Crippen LogP contribution in [0, 0.1) is 5.92 Å². The number of nitrogens with two attached hydrogens (primary N) is 1. The second-order valence-electron chi connectivity index (χ2n) is 5.36. The monoisotopic (exact) mass is 259 g/mol. The van der Waals surface area contributed by atoms with E-state index in [-0.39, 0.29) is 0 Å². The van der Waals surface area contributed by atoms with Crippen molar-refractivity contribution in [2.24, 2.45) is 16.6 Å². The fourth-order valence-electron chi connectivity index (χ4n) is 2.64. The average molecular weight is 259 g/mol. The Morgan fingerprint density at radius 3 is 2.58 bits per heavy atom. The Bertz CT molecular complexity index is 392. The van der Waals surface area contributed by atoms with Gasteiger partial charge < -0.3 is 10.6 Å². The third kappa shape index (κ3) is 4.27. The summed E-state index contributed by atoms with van der Waals surface area (Å²) in [6.45, 7) is 5.08. The largest absolute Gasteiger partial charge is 0.370 e. The number of likely N-dealkylation sites (tertiary alicyclic amines) is 1. The first-order valence-corrected chi connectivity index (χ1v) is 7.38. The van der Waals surface area contributed by atoms with Gasteiger partial charge >= 0.3 is 0 Å². The van der Waals surface area contributed by atoms with Gasteiger partial charge in [0, 0.05) is 19.6 Å². The zero-order chi connectivity index (χ0) is 13.5. The molecule has 0 aliphatic carbocycles. The van der Waals surface area contributed by atoms with Crippen LogP contribution in [0.3, 0.4) is 0 Å². The van der Waals surface area contributed by atoms with E-state index < -0.39 is 0 Å². The second kappa shape index (κ2) is 7.17. The molecule has 3 nitrogen and oxygen atoms in total. The number of hydrogen-bond donors (Lipinski definition) is 1. The maximum atomic E-state index is 6.01. The first-order valence-electron chi connectivity index (χ1n) is 7.38. The molecule has 1 fully saturated rings. The van der Waals surface area contributed by atoms with E-state index in [1.54, 1.807) is 0 Å². The highest BCUT2D eigenvalue weighted by atomic mass is 15.3. The third-order valence-corrected chi connectivity index (χ3v) is 3.80. The van der Waals surface area contributed by atoms with E-state index in [4.69, 9.17) is 5.73 Å². The maximum Gasteiger partial charge on any atom is 0.191 e. The van der Waals surface area contributed by atoms with Gasteiger partial charge in [0.05, 0.1) is 0 Å². The molecule has 0 spiro atoms. The number of guanidine groups is 1. The first kappa shape index (κ1) is 13.9. The number of rotatable bonds is 4. The topological polar surface area (TPSA) is 41.6 Å². The molecule has 1 saturated heterocycles. The van der Waals surface area contributed by atoms with E-state index in [1.807, 2.05) is 0 Å². The summed E-state index contributed by atoms with van der Waals surface area (Å²) in [6.07, 6.45) is 4.69. The highest BCUT2D eigenvalue weighted by Crippen LogP contribution is 2.21. The van der Waals surface area contributed by atoms with Crippen LogP contribution in [0.5, 0.6) is 0 Å². The molecule has 0 atom stereocenters. The third-order valence-electron chi connectivity index (χ3n) is 3.80. The minimum atomic E-state index is 0.736. The minimum absolute atomic E-state index is 0.736. The quantitative estimate of drug-likeness (QED) is 0.667. The van der Waals surface area contributed by atoms with E-state index in [9.17, 15) is 0 Å². The minimum Gasteiger partial charge on any atom is -0.370 e. The zero-order valence-electron chi connectivity index (χ0n) is 11.9. The lowest BCUT2D eigenvalue weighted by Crippen LogP contribution is -2.43. The lowest BCUT2D eigenvalue weighted by atomic mass is 9.90. The van der Waals surface area contributed by atoms with Crippen LogP contribution in [-0.4, -0.2) is 30.5 Å². The molecule has 1 aliphatic heterocycles. The SMILES string of the molecule is CCCN=C(N)N1CCC(Cc2ccccc2)CC1. The number of piperidine rings is 1. The van der Waals surface area contributed by atoms with Crippen molar-refractivity contribution >= 4 is 5.96 Å². The standard InChI is InChI=1S/C16H25N3/c1-2-10-18-16(17)19-11-8-15(9-12-19)13-14-6-4-3-5-7-14/h3-7,15H,2,8-13H2,1H3,(H2,17,18). The summed E-state index contributed by atoms with van der Waals surface area (Å²) in [4.78, 5) is 6.63. The Hall–Kier alpha value is -1.51. The van der Waals surface area contributed by atoms with Crippen molar-refractivity contribution in [1.82, 2.24) is 4.90 Å². The van der Waals surface area contributed by atoms with Crippen molar-refractivity contribution in [3.63, 3.8) is 0 Å². The van der Waals surface area contributed by atoms with Crippen LogP contribution < -0.4 is 5.73 Å². The average Bonchev–Trinajstić information content (AvgIpc) is 2.46. The van der Waals surface area contributed by atoms with Crippen molar-refractivity contribution in [1.29, 1.82) is 0 Å². The van der Waals surface area contributed by atoms with Crippen LogP contribution in [0.25, 0.3) is 0 Å². The second-order valence-corrected chi connectivity index (χ2v) is 5.36. The molecule has 104 valence electrons. The Balaban J connectivity index is 1.79. The van der Waals surface area contributed by atoms with Gasteiger partial charge in [0.2, 0.25) is 0 Å². The Labute approximate surface area is 116 Å². The molecule has 0 aromatic heterocycles. The maximum absolute atomic E-state index is 6.01. The van der Waals surface area contributed by atoms with Crippen molar-refractivity contribution in [3.8, 4) is 0 Å². The van der Waals surface area contributed by atoms with Gasteiger partial charge in [-0.25, -0.2) is 0 Å². The summed E-state index contributed by atoms with van der Waals surface area (Å²) >= 11 is 0. The van der Waals surface area contributed by atoms with Crippen LogP contribution in [0.15, 0.2) is 35.3 Å². The fraction of sp³-hybridized carbons (Fsp3) is 0.562. The van der Waals surface area contributed by atoms with E-state index in [0.29, 0.717) is 0 Å². The van der Waals surface area contributed by atoms with Gasteiger partial charge in [-0.1, -0.05) is 37.3 Å². The normalized spacial score (nSPS) is 17.7. The van der Waals surface area contributed by atoms with Crippen LogP contribution in [-0.2, 0) is 6.42 Å². The molecule has 3 heteroatoms. The number of nitrogens with zero attached hydrogens (tertiary/aromatic N) is 2. The molecule has 1 aliphatic rings. The molecular weight excluding hydrogens is 234 g/mol. The van der Waals surface area contributed by atoms with Crippen molar-refractivity contribution in [3.05, 3.63) is 35.9 Å². The van der Waals surface area contributed by atoms with E-state index >= 15 is 0 Å². The highest BCUT2D eigenvalue weighted by Gasteiger charge is 2.20. The van der Waals surface area contributed by atoms with Crippen molar-refractivity contribution in [2.75, 3.05) is 19.6 Å². The zero-order valence-corrected chi connectivity index (χ0v) is 11.9. The molecule has 1 aromatic rings. The fourth-order valence-corrected chi connectivity index (χ4v) is 2.64. The molecule has 2 rings (SSSR count). The van der Waals surface area contributed by atoms with Crippen molar-refractivity contribution < 1.29 is 0 Å². The predicted molar refractivity (Wildman–Crippen MR) is 81.2 cm³/mol. The Kier molecular flexibility index (Phi) is 5.25. The van der Waals surface area contributed by atoms with E-state index in [2.05, 4.69) is 47.1 Å². The van der Waals surface area contributed by atoms with Crippen LogP contribution >= 0.6 is 0 Å². The van der Waals surface area contributed by atoms with Gasteiger partial charge in [-0.15, -0.1) is 0 Å². The molecule has 1 aromatic carbocycles. The molecule has 0 bridgehead atoms. The molecular formula is C16H25N3. The highest BCUT2D eigenvalue weighted by molar-refractivity contribution is 5.78. The van der Waals surface area contributed by atoms with Crippen molar-refractivity contribution in [2.45, 2.75) is 32.6 Å². The van der Waals surface area contributed by atoms with Gasteiger partial charge in [-0.2, -0.15) is 0 Å². The molecule has 0 radical (unpaired) electrons. The van der Waals surface area contributed by atoms with Gasteiger partial charge in [-0.05, 0) is 37.2 Å². The lowest BCUT2D eigenvalue weighted by Gasteiger charge is -2.32. The Morgan fingerprint density at radius 2 is 1.95 bits per heavy atom. The number of hydrogen-bond acceptors (Lipinski definition) is 1. The Morgan fingerprint density at radius 1 is 1.26 bits per heavy atom. The molecule has 19 heavy (non-hydrogen) atoms. The summed E-state index contributed by atoms with van der Waals surface area (Å²) in [6, 6.07) is 10.8. The summed E-state index contributed by atoms with van der Waals surface area (Å²) < 4.78 is 0. The molecule has 0 saturated carbocycles. The molecule has 0 unspecified atom stereocenters. The van der Waals surface area contributed by atoms with E-state index in [1.165, 1.54) is 24.8 Å². The van der Waals surface area contributed by atoms with Crippen LogP contribution in [0.2, 0.25) is 0 Å². The first-order chi connectivity index (χ1) is 9.29. The van der Waals surface area contributed by atoms with Gasteiger partial charge in [0.25, 0.3) is 0 Å². The summed E-state index contributed by atoms with van der Waals surface area (Å²) in [5.74, 6) is 1.53. The molecule has 1 heterocycles.